The van der Waals surface area contributed by atoms with Crippen LogP contribution in [-0.4, -0.2) is 59.6 Å². The summed E-state index contributed by atoms with van der Waals surface area (Å²) < 4.78 is 5.78. The van der Waals surface area contributed by atoms with Crippen LogP contribution in [-0.2, 0) is 10.4 Å². The Hall–Kier alpha value is -2.37. The number of benzene rings is 2. The summed E-state index contributed by atoms with van der Waals surface area (Å²) in [6.45, 7) is 5.02. The zero-order valence-electron chi connectivity index (χ0n) is 17.1. The van der Waals surface area contributed by atoms with Crippen molar-refractivity contribution < 1.29 is 14.6 Å². The molecule has 2 saturated heterocycles. The smallest absolute Gasteiger partial charge is 0.260 e. The molecule has 0 spiro atoms. The number of aliphatic hydroxyl groups is 1. The lowest BCUT2D eigenvalue weighted by molar-refractivity contribution is -0.145. The first kappa shape index (κ1) is 19.9. The maximum atomic E-state index is 12.9. The Labute approximate surface area is 172 Å². The SMILES string of the molecule is Cc1ccccc1OCC(=O)N1CC[C@](O)(c2ccccc2)[C@H](N2CCCC2)C1. The topological polar surface area (TPSA) is 53.0 Å². The summed E-state index contributed by atoms with van der Waals surface area (Å²) in [5.74, 6) is 0.724. The summed E-state index contributed by atoms with van der Waals surface area (Å²) in [6, 6.07) is 17.6. The first-order valence-electron chi connectivity index (χ1n) is 10.6. The van der Waals surface area contributed by atoms with Gasteiger partial charge in [-0.15, -0.1) is 0 Å². The molecule has 0 bridgehead atoms. The van der Waals surface area contributed by atoms with Crippen LogP contribution in [0, 0.1) is 6.92 Å². The molecule has 154 valence electrons. The number of hydrogen-bond donors (Lipinski definition) is 1. The molecule has 5 heteroatoms. The number of rotatable bonds is 5. The van der Waals surface area contributed by atoms with E-state index >= 15 is 0 Å². The molecule has 2 aromatic carbocycles. The third kappa shape index (κ3) is 4.16. The number of para-hydroxylation sites is 1. The maximum Gasteiger partial charge on any atom is 0.260 e. The van der Waals surface area contributed by atoms with E-state index in [4.69, 9.17) is 4.74 Å². The predicted octanol–water partition coefficient (Wildman–Crippen LogP) is 2.96. The highest BCUT2D eigenvalue weighted by molar-refractivity contribution is 5.78. The number of piperidine rings is 1. The molecular weight excluding hydrogens is 364 g/mol. The molecule has 0 saturated carbocycles. The fourth-order valence-corrected chi connectivity index (χ4v) is 4.63. The summed E-state index contributed by atoms with van der Waals surface area (Å²) >= 11 is 0. The molecule has 2 heterocycles. The zero-order chi connectivity index (χ0) is 20.3. The van der Waals surface area contributed by atoms with Crippen molar-refractivity contribution >= 4 is 5.91 Å². The highest BCUT2D eigenvalue weighted by Crippen LogP contribution is 2.37. The number of nitrogens with zero attached hydrogens (tertiary/aromatic N) is 2. The number of carbonyl (C=O) groups excluding carboxylic acids is 1. The first-order chi connectivity index (χ1) is 14.1. The summed E-state index contributed by atoms with van der Waals surface area (Å²) in [7, 11) is 0. The molecule has 1 N–H and O–H groups in total. The monoisotopic (exact) mass is 394 g/mol. The lowest BCUT2D eigenvalue weighted by atomic mass is 9.79. The lowest BCUT2D eigenvalue weighted by Gasteiger charge is -2.48. The van der Waals surface area contributed by atoms with Gasteiger partial charge in [-0.1, -0.05) is 48.5 Å². The van der Waals surface area contributed by atoms with Gasteiger partial charge in [0.15, 0.2) is 6.61 Å². The second kappa shape index (κ2) is 8.56. The number of amides is 1. The Kier molecular flexibility index (Phi) is 5.88. The van der Waals surface area contributed by atoms with Gasteiger partial charge in [0.25, 0.3) is 5.91 Å². The van der Waals surface area contributed by atoms with Crippen LogP contribution < -0.4 is 4.74 Å². The van der Waals surface area contributed by atoms with Crippen molar-refractivity contribution in [1.82, 2.24) is 9.80 Å². The summed E-state index contributed by atoms with van der Waals surface area (Å²) in [4.78, 5) is 17.1. The molecule has 0 unspecified atom stereocenters. The van der Waals surface area contributed by atoms with Crippen LogP contribution >= 0.6 is 0 Å². The average molecular weight is 395 g/mol. The van der Waals surface area contributed by atoms with Gasteiger partial charge in [-0.05, 0) is 56.5 Å². The molecule has 29 heavy (non-hydrogen) atoms. The Balaban J connectivity index is 1.48. The van der Waals surface area contributed by atoms with Crippen molar-refractivity contribution in [2.45, 2.75) is 37.8 Å². The van der Waals surface area contributed by atoms with Gasteiger partial charge in [-0.25, -0.2) is 0 Å². The van der Waals surface area contributed by atoms with Crippen molar-refractivity contribution in [2.24, 2.45) is 0 Å². The maximum absolute atomic E-state index is 12.9. The minimum atomic E-state index is -0.931. The van der Waals surface area contributed by atoms with Gasteiger partial charge in [-0.2, -0.15) is 0 Å². The van der Waals surface area contributed by atoms with Crippen LogP contribution in [0.3, 0.4) is 0 Å². The highest BCUT2D eigenvalue weighted by atomic mass is 16.5. The molecule has 2 aliphatic rings. The van der Waals surface area contributed by atoms with E-state index in [1.807, 2.05) is 66.4 Å². The quantitative estimate of drug-likeness (QED) is 0.847. The molecular formula is C24H30N2O3. The van der Waals surface area contributed by atoms with Gasteiger partial charge in [0.1, 0.15) is 11.4 Å². The van der Waals surface area contributed by atoms with Crippen LogP contribution in [0.5, 0.6) is 5.75 Å². The fraction of sp³-hybridized carbons (Fsp3) is 0.458. The van der Waals surface area contributed by atoms with Crippen molar-refractivity contribution in [3.63, 3.8) is 0 Å². The molecule has 2 fully saturated rings. The van der Waals surface area contributed by atoms with E-state index in [9.17, 15) is 9.90 Å². The number of ether oxygens (including phenoxy) is 1. The van der Waals surface area contributed by atoms with E-state index < -0.39 is 5.60 Å². The summed E-state index contributed by atoms with van der Waals surface area (Å²) in [5, 5.41) is 11.7. The molecule has 0 radical (unpaired) electrons. The second-order valence-corrected chi connectivity index (χ2v) is 8.19. The van der Waals surface area contributed by atoms with Gasteiger partial charge < -0.3 is 14.7 Å². The van der Waals surface area contributed by atoms with E-state index in [2.05, 4.69) is 4.90 Å². The standard InChI is InChI=1S/C24H30N2O3/c1-19-9-5-6-12-21(19)29-18-23(27)26-16-13-24(28,20-10-3-2-4-11-20)22(17-26)25-14-7-8-15-25/h2-6,9-12,22,28H,7-8,13-18H2,1H3/t22-,24+/m1/s1. The Bertz CT molecular complexity index is 835. The van der Waals surface area contributed by atoms with Crippen LogP contribution in [0.1, 0.15) is 30.4 Å². The molecule has 2 aromatic rings. The van der Waals surface area contributed by atoms with Crippen molar-refractivity contribution in [2.75, 3.05) is 32.8 Å². The summed E-state index contributed by atoms with van der Waals surface area (Å²) in [6.07, 6.45) is 2.83. The van der Waals surface area contributed by atoms with Gasteiger partial charge in [0.2, 0.25) is 0 Å². The second-order valence-electron chi connectivity index (χ2n) is 8.19. The minimum Gasteiger partial charge on any atom is -0.484 e. The molecule has 1 amide bonds. The molecule has 4 rings (SSSR count). The fourth-order valence-electron chi connectivity index (χ4n) is 4.63. The zero-order valence-corrected chi connectivity index (χ0v) is 17.1. The van der Waals surface area contributed by atoms with E-state index in [1.54, 1.807) is 0 Å². The van der Waals surface area contributed by atoms with Gasteiger partial charge >= 0.3 is 0 Å². The third-order valence-corrected chi connectivity index (χ3v) is 6.36. The Morgan fingerprint density at radius 3 is 2.48 bits per heavy atom. The molecule has 2 aliphatic heterocycles. The lowest BCUT2D eigenvalue weighted by Crippen LogP contribution is -2.61. The molecule has 0 aromatic heterocycles. The first-order valence-corrected chi connectivity index (χ1v) is 10.6. The van der Waals surface area contributed by atoms with E-state index in [-0.39, 0.29) is 18.6 Å². The normalized spacial score (nSPS) is 25.2. The summed E-state index contributed by atoms with van der Waals surface area (Å²) in [5.41, 5.74) is 1.03. The predicted molar refractivity (Wildman–Crippen MR) is 113 cm³/mol. The van der Waals surface area contributed by atoms with Crippen LogP contribution in [0.15, 0.2) is 54.6 Å². The molecule has 0 aliphatic carbocycles. The Morgan fingerprint density at radius 2 is 1.76 bits per heavy atom. The molecule has 5 nitrogen and oxygen atoms in total. The van der Waals surface area contributed by atoms with E-state index in [0.717, 1.165) is 42.8 Å². The number of aryl methyl sites for hydroxylation is 1. The number of likely N-dealkylation sites (tertiary alicyclic amines) is 2. The van der Waals surface area contributed by atoms with Gasteiger partial charge in [-0.3, -0.25) is 9.69 Å². The highest BCUT2D eigenvalue weighted by Gasteiger charge is 2.47. The van der Waals surface area contributed by atoms with Crippen LogP contribution in [0.4, 0.5) is 0 Å². The van der Waals surface area contributed by atoms with Gasteiger partial charge in [0.05, 0.1) is 6.04 Å². The number of hydrogen-bond acceptors (Lipinski definition) is 4. The van der Waals surface area contributed by atoms with Crippen molar-refractivity contribution in [3.05, 3.63) is 65.7 Å². The Morgan fingerprint density at radius 1 is 1.07 bits per heavy atom. The van der Waals surface area contributed by atoms with Crippen molar-refractivity contribution in [1.29, 1.82) is 0 Å². The van der Waals surface area contributed by atoms with Gasteiger partial charge in [0, 0.05) is 13.1 Å². The van der Waals surface area contributed by atoms with Crippen molar-refractivity contribution in [3.8, 4) is 5.75 Å². The molecule has 2 atom stereocenters. The average Bonchev–Trinajstić information content (AvgIpc) is 3.28. The number of carbonyl (C=O) groups is 1. The third-order valence-electron chi connectivity index (χ3n) is 6.36. The van der Waals surface area contributed by atoms with Crippen LogP contribution in [0.25, 0.3) is 0 Å². The van der Waals surface area contributed by atoms with Crippen LogP contribution in [0.2, 0.25) is 0 Å². The minimum absolute atomic E-state index is 0.0208. The largest absolute Gasteiger partial charge is 0.484 e. The van der Waals surface area contributed by atoms with E-state index in [1.165, 1.54) is 0 Å². The van der Waals surface area contributed by atoms with E-state index in [0.29, 0.717) is 19.5 Å².